The van der Waals surface area contributed by atoms with Crippen molar-refractivity contribution < 1.29 is 18.3 Å². The fourth-order valence-corrected chi connectivity index (χ4v) is 4.37. The van der Waals surface area contributed by atoms with E-state index in [1.54, 1.807) is 18.2 Å². The van der Waals surface area contributed by atoms with Crippen molar-refractivity contribution in [3.8, 4) is 0 Å². The third-order valence-electron chi connectivity index (χ3n) is 4.60. The molecule has 1 heterocycles. The van der Waals surface area contributed by atoms with Gasteiger partial charge in [-0.15, -0.1) is 0 Å². The Labute approximate surface area is 175 Å². The summed E-state index contributed by atoms with van der Waals surface area (Å²) in [6.45, 7) is 0.153. The van der Waals surface area contributed by atoms with Gasteiger partial charge in [0.25, 0.3) is 0 Å². The quantitative estimate of drug-likeness (QED) is 0.405. The Balaban J connectivity index is 1.54. The van der Waals surface area contributed by atoms with Crippen molar-refractivity contribution in [3.05, 3.63) is 59.9 Å². The highest BCUT2D eigenvalue weighted by molar-refractivity contribution is 7.89. The molecule has 0 bridgehead atoms. The predicted octanol–water partition coefficient (Wildman–Crippen LogP) is 1.22. The number of urea groups is 1. The number of benzene rings is 2. The molecule has 0 unspecified atom stereocenters. The van der Waals surface area contributed by atoms with Gasteiger partial charge in [0, 0.05) is 33.1 Å². The van der Waals surface area contributed by atoms with E-state index in [1.165, 1.54) is 13.1 Å². The number of fused-ring (bicyclic) bond motifs is 1. The van der Waals surface area contributed by atoms with Gasteiger partial charge in [-0.1, -0.05) is 30.3 Å². The van der Waals surface area contributed by atoms with E-state index in [0.717, 1.165) is 21.2 Å². The zero-order valence-electron chi connectivity index (χ0n) is 16.6. The Morgan fingerprint density at radius 3 is 2.63 bits per heavy atom. The summed E-state index contributed by atoms with van der Waals surface area (Å²) in [6.07, 6.45) is 0.541. The third kappa shape index (κ3) is 5.15. The number of nitrogens with one attached hydrogen (secondary N) is 3. The molecule has 0 saturated heterocycles. The Bertz CT molecular complexity index is 1080. The van der Waals surface area contributed by atoms with E-state index in [1.807, 2.05) is 24.3 Å². The number of amides is 2. The molecule has 0 spiro atoms. The molecule has 9 nitrogen and oxygen atoms in total. The molecule has 1 aromatic heterocycles. The number of sulfonamides is 1. The van der Waals surface area contributed by atoms with Gasteiger partial charge in [0.1, 0.15) is 5.82 Å². The number of para-hydroxylation sites is 2. The van der Waals surface area contributed by atoms with E-state index in [4.69, 9.17) is 5.11 Å². The number of nitrogens with zero attached hydrogens (tertiary/aromatic N) is 2. The van der Waals surface area contributed by atoms with Crippen molar-refractivity contribution in [2.75, 3.05) is 26.7 Å². The topological polar surface area (TPSA) is 127 Å². The number of aliphatic hydroxyl groups excluding tert-OH is 1. The maximum absolute atomic E-state index is 12.7. The zero-order chi connectivity index (χ0) is 21.6. The second-order valence-corrected chi connectivity index (χ2v) is 8.73. The first-order valence-corrected chi connectivity index (χ1v) is 11.0. The number of likely N-dealkylation sites (N-methyl/N-ethyl adjacent to an activating group) is 1. The van der Waals surface area contributed by atoms with Gasteiger partial charge in [0.2, 0.25) is 10.0 Å². The Morgan fingerprint density at radius 2 is 1.87 bits per heavy atom. The van der Waals surface area contributed by atoms with Crippen LogP contribution in [-0.4, -0.2) is 60.6 Å². The van der Waals surface area contributed by atoms with Crippen LogP contribution in [0.25, 0.3) is 11.0 Å². The van der Waals surface area contributed by atoms with Crippen LogP contribution in [0.2, 0.25) is 0 Å². The van der Waals surface area contributed by atoms with Crippen molar-refractivity contribution in [2.24, 2.45) is 0 Å². The van der Waals surface area contributed by atoms with Gasteiger partial charge in [-0.25, -0.2) is 18.2 Å². The van der Waals surface area contributed by atoms with E-state index >= 15 is 0 Å². The van der Waals surface area contributed by atoms with Gasteiger partial charge in [-0.2, -0.15) is 4.31 Å². The van der Waals surface area contributed by atoms with Gasteiger partial charge in [-0.05, 0) is 23.8 Å². The molecule has 0 atom stereocenters. The summed E-state index contributed by atoms with van der Waals surface area (Å²) in [6, 6.07) is 13.8. The van der Waals surface area contributed by atoms with Crippen molar-refractivity contribution in [1.29, 1.82) is 0 Å². The van der Waals surface area contributed by atoms with Crippen LogP contribution >= 0.6 is 0 Å². The zero-order valence-corrected chi connectivity index (χ0v) is 17.4. The summed E-state index contributed by atoms with van der Waals surface area (Å²) in [5.74, 6) is 0.778. The van der Waals surface area contributed by atoms with E-state index in [0.29, 0.717) is 18.5 Å². The molecule has 30 heavy (non-hydrogen) atoms. The fourth-order valence-electron chi connectivity index (χ4n) is 2.99. The lowest BCUT2D eigenvalue weighted by Crippen LogP contribution is -2.37. The predicted molar refractivity (Wildman–Crippen MR) is 113 cm³/mol. The number of hydrogen-bond acceptors (Lipinski definition) is 5. The first-order chi connectivity index (χ1) is 14.4. The van der Waals surface area contributed by atoms with Crippen LogP contribution in [0, 0.1) is 0 Å². The Morgan fingerprint density at radius 1 is 1.13 bits per heavy atom. The number of rotatable bonds is 9. The molecule has 3 rings (SSSR count). The smallest absolute Gasteiger partial charge is 0.315 e. The van der Waals surface area contributed by atoms with Gasteiger partial charge < -0.3 is 20.7 Å². The molecule has 3 aromatic rings. The fraction of sp³-hybridized carbons (Fsp3) is 0.300. The molecular weight excluding hydrogens is 406 g/mol. The highest BCUT2D eigenvalue weighted by Crippen LogP contribution is 2.19. The van der Waals surface area contributed by atoms with E-state index in [-0.39, 0.29) is 24.6 Å². The molecule has 2 aromatic carbocycles. The van der Waals surface area contributed by atoms with Gasteiger partial charge in [-0.3, -0.25) is 0 Å². The van der Waals surface area contributed by atoms with Crippen molar-refractivity contribution >= 4 is 27.1 Å². The Hall–Kier alpha value is -2.95. The molecule has 10 heteroatoms. The summed E-state index contributed by atoms with van der Waals surface area (Å²) in [5.41, 5.74) is 2.29. The van der Waals surface area contributed by atoms with Crippen molar-refractivity contribution in [1.82, 2.24) is 24.9 Å². The summed E-state index contributed by atoms with van der Waals surface area (Å²) in [4.78, 5) is 19.9. The Kier molecular flexibility index (Phi) is 7.03. The van der Waals surface area contributed by atoms with Crippen LogP contribution in [0.15, 0.2) is 53.4 Å². The van der Waals surface area contributed by atoms with Gasteiger partial charge in [0.15, 0.2) is 0 Å². The third-order valence-corrected chi connectivity index (χ3v) is 6.56. The first-order valence-electron chi connectivity index (χ1n) is 9.52. The van der Waals surface area contributed by atoms with E-state index in [2.05, 4.69) is 20.6 Å². The maximum Gasteiger partial charge on any atom is 0.315 e. The number of aliphatic hydroxyl groups is 1. The lowest BCUT2D eigenvalue weighted by molar-refractivity contribution is 0.240. The number of imidazole rings is 1. The molecule has 0 radical (unpaired) electrons. The molecule has 0 saturated carbocycles. The van der Waals surface area contributed by atoms with Crippen LogP contribution in [0.1, 0.15) is 11.4 Å². The van der Waals surface area contributed by atoms with Crippen molar-refractivity contribution in [3.63, 3.8) is 0 Å². The number of hydrogen-bond donors (Lipinski definition) is 4. The van der Waals surface area contributed by atoms with Crippen LogP contribution in [0.5, 0.6) is 0 Å². The number of H-pyrrole nitrogens is 1. The molecule has 160 valence electrons. The summed E-state index contributed by atoms with van der Waals surface area (Å²) in [5, 5.41) is 14.4. The minimum absolute atomic E-state index is 0.00757. The molecular formula is C20H25N5O4S. The lowest BCUT2D eigenvalue weighted by atomic mass is 10.2. The molecule has 0 aliphatic heterocycles. The molecule has 0 fully saturated rings. The van der Waals surface area contributed by atoms with E-state index in [9.17, 15) is 13.2 Å². The molecule has 4 N–H and O–H groups in total. The lowest BCUT2D eigenvalue weighted by Gasteiger charge is -2.18. The van der Waals surface area contributed by atoms with Crippen LogP contribution < -0.4 is 10.6 Å². The highest BCUT2D eigenvalue weighted by Gasteiger charge is 2.23. The molecule has 0 aliphatic carbocycles. The first kappa shape index (κ1) is 21.8. The minimum atomic E-state index is -3.76. The average Bonchev–Trinajstić information content (AvgIpc) is 3.15. The monoisotopic (exact) mass is 431 g/mol. The van der Waals surface area contributed by atoms with E-state index < -0.39 is 16.1 Å². The average molecular weight is 432 g/mol. The molecule has 2 amide bonds. The van der Waals surface area contributed by atoms with Gasteiger partial charge >= 0.3 is 6.03 Å². The van der Waals surface area contributed by atoms with Crippen LogP contribution in [-0.2, 0) is 23.0 Å². The summed E-state index contributed by atoms with van der Waals surface area (Å²) in [7, 11) is -2.35. The summed E-state index contributed by atoms with van der Waals surface area (Å²) < 4.78 is 26.4. The number of carbonyl (C=O) groups is 1. The second-order valence-electron chi connectivity index (χ2n) is 6.72. The van der Waals surface area contributed by atoms with Crippen LogP contribution in [0.3, 0.4) is 0 Å². The maximum atomic E-state index is 12.7. The standard InChI is InChI=1S/C20H25N5O4S/c1-25(12-13-26)30(28,29)18-9-5-2-6-15(18)14-22-20(27)21-11-10-19-23-16-7-3-4-8-17(16)24-19/h2-9,26H,10-14H2,1H3,(H,23,24)(H2,21,22,27). The number of carbonyl (C=O) groups excluding carboxylic acids is 1. The van der Waals surface area contributed by atoms with Gasteiger partial charge in [0.05, 0.1) is 22.5 Å². The SMILES string of the molecule is CN(CCO)S(=O)(=O)c1ccccc1CNC(=O)NCCc1nc2ccccc2[nH]1. The van der Waals surface area contributed by atoms with Crippen molar-refractivity contribution in [2.45, 2.75) is 17.9 Å². The second kappa shape index (κ2) is 9.70. The summed E-state index contributed by atoms with van der Waals surface area (Å²) >= 11 is 0. The largest absolute Gasteiger partial charge is 0.395 e. The number of aromatic nitrogens is 2. The number of aromatic amines is 1. The highest BCUT2D eigenvalue weighted by atomic mass is 32.2. The van der Waals surface area contributed by atoms with Crippen LogP contribution in [0.4, 0.5) is 4.79 Å². The minimum Gasteiger partial charge on any atom is -0.395 e. The normalized spacial score (nSPS) is 11.7. The molecule has 0 aliphatic rings.